The minimum absolute atomic E-state index is 0. The molecule has 0 bridgehead atoms. The van der Waals surface area contributed by atoms with Crippen LogP contribution >= 0.6 is 0 Å². The van der Waals surface area contributed by atoms with Gasteiger partial charge < -0.3 is 14.2 Å². The number of Topliss-reactive ketones (excluding diaryl/α,β-unsaturated/α-hetero) is 1. The Morgan fingerprint density at radius 1 is 1.08 bits per heavy atom. The van der Waals surface area contributed by atoms with Gasteiger partial charge in [0.05, 0.1) is 17.8 Å². The molecule has 1 aromatic heterocycles. The highest BCUT2D eigenvalue weighted by atomic mass is 19.4. The number of piperidine rings is 1. The summed E-state index contributed by atoms with van der Waals surface area (Å²) in [7, 11) is 0. The molecule has 1 saturated heterocycles. The van der Waals surface area contributed by atoms with Gasteiger partial charge >= 0.3 is 6.18 Å². The molecule has 2 aromatic rings. The van der Waals surface area contributed by atoms with Crippen LogP contribution in [0, 0.1) is 5.92 Å². The molecular weight excluding hydrogens is 471 g/mol. The van der Waals surface area contributed by atoms with Crippen LogP contribution in [-0.4, -0.2) is 52.6 Å². The van der Waals surface area contributed by atoms with E-state index in [1.165, 1.54) is 10.6 Å². The van der Waals surface area contributed by atoms with Crippen molar-refractivity contribution in [3.63, 3.8) is 0 Å². The Labute approximate surface area is 211 Å². The lowest BCUT2D eigenvalue weighted by Gasteiger charge is -2.51. The summed E-state index contributed by atoms with van der Waals surface area (Å²) in [6.07, 6.45) is -2.91. The molecule has 9 heteroatoms. The number of nitrogens with one attached hydrogen (secondary N) is 1. The second-order valence-corrected chi connectivity index (χ2v) is 11.0. The van der Waals surface area contributed by atoms with Gasteiger partial charge in [0, 0.05) is 37.9 Å². The molecule has 0 atom stereocenters. The van der Waals surface area contributed by atoms with Gasteiger partial charge in [0.2, 0.25) is 0 Å². The standard InChI is InChI=1S/C27H34F3N3O3.H2/c1-18(2)11-16-36-20-7-5-19(6-8-20)24(35)32-14-12-26(13-15-32)22-10-9-21(23(34)27(28,29)30)33(22)17-25(3,4)31-26;/h5-10,18,31H,11-17H2,1-4H3;1H. The third kappa shape index (κ3) is 5.31. The molecule has 6 nitrogen and oxygen atoms in total. The van der Waals surface area contributed by atoms with E-state index in [0.29, 0.717) is 49.7 Å². The summed E-state index contributed by atoms with van der Waals surface area (Å²) >= 11 is 0. The summed E-state index contributed by atoms with van der Waals surface area (Å²) < 4.78 is 46.8. The van der Waals surface area contributed by atoms with E-state index in [1.54, 1.807) is 35.2 Å². The van der Waals surface area contributed by atoms with Crippen LogP contribution in [-0.2, 0) is 12.1 Å². The minimum atomic E-state index is -4.93. The molecule has 2 aliphatic heterocycles. The molecule has 0 unspecified atom stereocenters. The number of likely N-dealkylation sites (tertiary alicyclic amines) is 1. The predicted octanol–water partition coefficient (Wildman–Crippen LogP) is 5.42. The normalized spacial score (nSPS) is 18.8. The number of ether oxygens (including phenoxy) is 1. The molecule has 36 heavy (non-hydrogen) atoms. The maximum Gasteiger partial charge on any atom is 0.456 e. The number of fused-ring (bicyclic) bond motifs is 2. The molecular formula is C27H36F3N3O3. The van der Waals surface area contributed by atoms with E-state index in [-0.39, 0.29) is 19.6 Å². The Balaban J connectivity index is 0.00000380. The Morgan fingerprint density at radius 3 is 2.31 bits per heavy atom. The highest BCUT2D eigenvalue weighted by Gasteiger charge is 2.49. The summed E-state index contributed by atoms with van der Waals surface area (Å²) in [5.74, 6) is -0.636. The first-order valence-electron chi connectivity index (χ1n) is 12.4. The summed E-state index contributed by atoms with van der Waals surface area (Å²) in [5, 5.41) is 3.62. The number of carbonyl (C=O) groups excluding carboxylic acids is 2. The van der Waals surface area contributed by atoms with E-state index < -0.39 is 23.0 Å². The van der Waals surface area contributed by atoms with Crippen LogP contribution in [0.2, 0.25) is 0 Å². The first-order chi connectivity index (χ1) is 16.8. The fraction of sp³-hybridized carbons (Fsp3) is 0.556. The lowest BCUT2D eigenvalue weighted by molar-refractivity contribution is -0.0892. The van der Waals surface area contributed by atoms with Crippen LogP contribution in [0.25, 0.3) is 0 Å². The first kappa shape index (κ1) is 26.3. The second kappa shape index (κ2) is 9.57. The zero-order chi connectivity index (χ0) is 26.3. The number of alkyl halides is 3. The highest BCUT2D eigenvalue weighted by molar-refractivity contribution is 5.99. The average Bonchev–Trinajstić information content (AvgIpc) is 3.21. The Bertz CT molecular complexity index is 1120. The molecule has 1 spiro atoms. The monoisotopic (exact) mass is 507 g/mol. The topological polar surface area (TPSA) is 63.6 Å². The van der Waals surface area contributed by atoms with Crippen LogP contribution in [0.1, 0.15) is 74.9 Å². The highest BCUT2D eigenvalue weighted by Crippen LogP contribution is 2.41. The van der Waals surface area contributed by atoms with Gasteiger partial charge in [-0.15, -0.1) is 0 Å². The van der Waals surface area contributed by atoms with Crippen LogP contribution in [0.3, 0.4) is 0 Å². The smallest absolute Gasteiger partial charge is 0.456 e. The van der Waals surface area contributed by atoms with Gasteiger partial charge in [-0.1, -0.05) is 13.8 Å². The molecule has 1 amide bonds. The number of ketones is 1. The molecule has 1 fully saturated rings. The zero-order valence-corrected chi connectivity index (χ0v) is 21.2. The molecule has 4 rings (SSSR count). The molecule has 3 heterocycles. The van der Waals surface area contributed by atoms with Crippen molar-refractivity contribution in [2.45, 2.75) is 70.8 Å². The number of hydrogen-bond acceptors (Lipinski definition) is 4. The van der Waals surface area contributed by atoms with E-state index in [4.69, 9.17) is 4.74 Å². The largest absolute Gasteiger partial charge is 0.494 e. The quantitative estimate of drug-likeness (QED) is 0.531. The van der Waals surface area contributed by atoms with Gasteiger partial charge in [-0.3, -0.25) is 14.9 Å². The number of carbonyl (C=O) groups is 2. The van der Waals surface area contributed by atoms with E-state index in [1.807, 2.05) is 13.8 Å². The Kier molecular flexibility index (Phi) is 6.98. The molecule has 1 N–H and O–H groups in total. The predicted molar refractivity (Wildman–Crippen MR) is 132 cm³/mol. The third-order valence-electron chi connectivity index (χ3n) is 7.06. The van der Waals surface area contributed by atoms with Crippen molar-refractivity contribution in [2.24, 2.45) is 5.92 Å². The second-order valence-electron chi connectivity index (χ2n) is 11.0. The summed E-state index contributed by atoms with van der Waals surface area (Å²) in [6.45, 7) is 9.88. The van der Waals surface area contributed by atoms with Gasteiger partial charge in [0.25, 0.3) is 11.7 Å². The minimum Gasteiger partial charge on any atom is -0.494 e. The molecule has 0 saturated carbocycles. The van der Waals surface area contributed by atoms with Gasteiger partial charge in [0.1, 0.15) is 5.75 Å². The van der Waals surface area contributed by atoms with Gasteiger partial charge in [-0.25, -0.2) is 0 Å². The lowest BCUT2D eigenvalue weighted by Crippen LogP contribution is -2.63. The molecule has 2 aliphatic rings. The van der Waals surface area contributed by atoms with Crippen molar-refractivity contribution in [1.29, 1.82) is 0 Å². The van der Waals surface area contributed by atoms with Crippen LogP contribution in [0.15, 0.2) is 36.4 Å². The maximum atomic E-state index is 13.2. The fourth-order valence-corrected chi connectivity index (χ4v) is 5.31. The molecule has 1 aromatic carbocycles. The first-order valence-corrected chi connectivity index (χ1v) is 12.4. The number of rotatable bonds is 6. The number of hydrogen-bond donors (Lipinski definition) is 1. The van der Waals surface area contributed by atoms with E-state index in [0.717, 1.165) is 12.2 Å². The van der Waals surface area contributed by atoms with Gasteiger partial charge in [0.15, 0.2) is 0 Å². The SMILES string of the molecule is CC(C)CCOc1ccc(C(=O)N2CCC3(CC2)NC(C)(C)Cn2c(C(=O)C(F)(F)F)ccc23)cc1.[HH]. The van der Waals surface area contributed by atoms with Crippen molar-refractivity contribution >= 4 is 11.7 Å². The fourth-order valence-electron chi connectivity index (χ4n) is 5.31. The lowest BCUT2D eigenvalue weighted by atomic mass is 9.79. The van der Waals surface area contributed by atoms with E-state index >= 15 is 0 Å². The molecule has 0 aliphatic carbocycles. The van der Waals surface area contributed by atoms with Crippen molar-refractivity contribution in [2.75, 3.05) is 19.7 Å². The Hall–Kier alpha value is -2.81. The zero-order valence-electron chi connectivity index (χ0n) is 21.2. The summed E-state index contributed by atoms with van der Waals surface area (Å²) in [6, 6.07) is 10.0. The van der Waals surface area contributed by atoms with Crippen molar-refractivity contribution in [3.05, 3.63) is 53.3 Å². The molecule has 0 radical (unpaired) electrons. The van der Waals surface area contributed by atoms with Gasteiger partial charge in [-0.05, 0) is 75.4 Å². The average molecular weight is 508 g/mol. The number of halogens is 3. The van der Waals surface area contributed by atoms with Gasteiger partial charge in [-0.2, -0.15) is 13.2 Å². The number of aromatic nitrogens is 1. The van der Waals surface area contributed by atoms with Crippen LogP contribution < -0.4 is 10.1 Å². The Morgan fingerprint density at radius 2 is 1.72 bits per heavy atom. The van der Waals surface area contributed by atoms with Crippen molar-refractivity contribution < 1.29 is 28.9 Å². The van der Waals surface area contributed by atoms with E-state index in [9.17, 15) is 22.8 Å². The van der Waals surface area contributed by atoms with E-state index in [2.05, 4.69) is 19.2 Å². The van der Waals surface area contributed by atoms with Crippen molar-refractivity contribution in [3.8, 4) is 5.75 Å². The maximum absolute atomic E-state index is 13.2. The number of nitrogens with zero attached hydrogens (tertiary/aromatic N) is 2. The summed E-state index contributed by atoms with van der Waals surface area (Å²) in [4.78, 5) is 27.0. The number of benzene rings is 1. The summed E-state index contributed by atoms with van der Waals surface area (Å²) in [5.41, 5.74) is -0.230. The third-order valence-corrected chi connectivity index (χ3v) is 7.06. The van der Waals surface area contributed by atoms with Crippen LogP contribution in [0.5, 0.6) is 5.75 Å². The van der Waals surface area contributed by atoms with Crippen LogP contribution in [0.4, 0.5) is 13.2 Å². The molecule has 198 valence electrons. The number of amides is 1. The van der Waals surface area contributed by atoms with Crippen molar-refractivity contribution in [1.82, 2.24) is 14.8 Å².